The number of esters is 1. The Balaban J connectivity index is 1.43. The van der Waals surface area contributed by atoms with Gasteiger partial charge in [0.25, 0.3) is 0 Å². The van der Waals surface area contributed by atoms with Gasteiger partial charge >= 0.3 is 12.1 Å². The van der Waals surface area contributed by atoms with Crippen molar-refractivity contribution in [2.24, 2.45) is 5.92 Å². The first-order valence-corrected chi connectivity index (χ1v) is 11.0. The lowest BCUT2D eigenvalue weighted by Crippen LogP contribution is -2.49. The van der Waals surface area contributed by atoms with Gasteiger partial charge in [0, 0.05) is 31.5 Å². The van der Waals surface area contributed by atoms with E-state index in [-0.39, 0.29) is 18.5 Å². The van der Waals surface area contributed by atoms with Gasteiger partial charge in [-0.05, 0) is 50.3 Å². The molecule has 0 atom stereocenters. The van der Waals surface area contributed by atoms with Gasteiger partial charge in [-0.25, -0.2) is 14.6 Å². The van der Waals surface area contributed by atoms with Crippen molar-refractivity contribution in [1.82, 2.24) is 14.9 Å². The van der Waals surface area contributed by atoms with Gasteiger partial charge < -0.3 is 24.1 Å². The predicted molar refractivity (Wildman–Crippen MR) is 112 cm³/mol. The van der Waals surface area contributed by atoms with Gasteiger partial charge in [0.1, 0.15) is 11.4 Å². The van der Waals surface area contributed by atoms with Crippen LogP contribution in [0.2, 0.25) is 0 Å². The standard InChI is InChI=1S/C23H27N3O5/c1-3-29-21(27)20-24-18-16-7-4-14(2)12-17(16)31-23(19(18)25-20)8-10-26(11-9-23)22(28)30-13-15-5-6-15/h4,7,12,15H,3,5-6,8-11,13H2,1-2H3,(H,24,25). The molecule has 0 bridgehead atoms. The summed E-state index contributed by atoms with van der Waals surface area (Å²) in [5.41, 5.74) is 2.75. The monoisotopic (exact) mass is 425 g/mol. The minimum atomic E-state index is -0.679. The molecule has 1 spiro atoms. The van der Waals surface area contributed by atoms with Crippen LogP contribution in [0.15, 0.2) is 18.2 Å². The van der Waals surface area contributed by atoms with E-state index in [1.54, 1.807) is 11.8 Å². The van der Waals surface area contributed by atoms with Gasteiger partial charge in [-0.15, -0.1) is 0 Å². The number of ether oxygens (including phenoxy) is 3. The molecule has 1 aromatic carbocycles. The number of amides is 1. The summed E-state index contributed by atoms with van der Waals surface area (Å²) in [5, 5.41) is 0. The number of H-pyrrole nitrogens is 1. The van der Waals surface area contributed by atoms with Crippen LogP contribution in [0, 0.1) is 12.8 Å². The Bertz CT molecular complexity index is 1020. The van der Waals surface area contributed by atoms with Crippen LogP contribution in [0.3, 0.4) is 0 Å². The number of nitrogens with zero attached hydrogens (tertiary/aromatic N) is 2. The van der Waals surface area contributed by atoms with Crippen molar-refractivity contribution in [3.63, 3.8) is 0 Å². The smallest absolute Gasteiger partial charge is 0.409 e. The predicted octanol–water partition coefficient (Wildman–Crippen LogP) is 3.79. The lowest BCUT2D eigenvalue weighted by molar-refractivity contribution is -0.00888. The van der Waals surface area contributed by atoms with Crippen molar-refractivity contribution >= 4 is 12.1 Å². The SMILES string of the molecule is CCOC(=O)c1nc2c([nH]1)C1(CCN(C(=O)OCC3CC3)CC1)Oc1cc(C)ccc1-2. The summed E-state index contributed by atoms with van der Waals surface area (Å²) in [6.45, 7) is 5.59. The molecule has 1 saturated carbocycles. The second-order valence-electron chi connectivity index (χ2n) is 8.63. The summed E-state index contributed by atoms with van der Waals surface area (Å²) >= 11 is 0. The van der Waals surface area contributed by atoms with Crippen LogP contribution in [0.25, 0.3) is 11.3 Å². The fourth-order valence-corrected chi connectivity index (χ4v) is 4.33. The number of piperidine rings is 1. The van der Waals surface area contributed by atoms with Crippen molar-refractivity contribution in [2.45, 2.75) is 45.1 Å². The summed E-state index contributed by atoms with van der Waals surface area (Å²) in [6, 6.07) is 5.96. The van der Waals surface area contributed by atoms with Crippen LogP contribution < -0.4 is 4.74 Å². The zero-order valence-electron chi connectivity index (χ0n) is 17.9. The number of aromatic amines is 1. The molecule has 0 unspecified atom stereocenters. The van der Waals surface area contributed by atoms with E-state index in [9.17, 15) is 9.59 Å². The van der Waals surface area contributed by atoms with E-state index < -0.39 is 11.6 Å². The minimum absolute atomic E-state index is 0.175. The van der Waals surface area contributed by atoms with Crippen LogP contribution in [0.1, 0.15) is 54.5 Å². The first-order chi connectivity index (χ1) is 15.0. The molecule has 1 saturated heterocycles. The lowest BCUT2D eigenvalue weighted by atomic mass is 9.83. The number of aromatic nitrogens is 2. The third-order valence-electron chi connectivity index (χ3n) is 6.29. The highest BCUT2D eigenvalue weighted by atomic mass is 16.6. The summed E-state index contributed by atoms with van der Waals surface area (Å²) in [5.74, 6) is 0.978. The van der Waals surface area contributed by atoms with Crippen molar-refractivity contribution in [2.75, 3.05) is 26.3 Å². The van der Waals surface area contributed by atoms with Crippen molar-refractivity contribution < 1.29 is 23.8 Å². The van der Waals surface area contributed by atoms with E-state index in [1.165, 1.54) is 0 Å². The Labute approximate surface area is 180 Å². The second-order valence-corrected chi connectivity index (χ2v) is 8.63. The van der Waals surface area contributed by atoms with Gasteiger partial charge in [-0.1, -0.05) is 6.07 Å². The van der Waals surface area contributed by atoms with Crippen molar-refractivity contribution in [3.8, 4) is 17.0 Å². The zero-order valence-corrected chi connectivity index (χ0v) is 17.9. The largest absolute Gasteiger partial charge is 0.480 e. The molecular weight excluding hydrogens is 398 g/mol. The lowest BCUT2D eigenvalue weighted by Gasteiger charge is -2.43. The summed E-state index contributed by atoms with van der Waals surface area (Å²) in [4.78, 5) is 34.3. The Morgan fingerprint density at radius 2 is 2.03 bits per heavy atom. The molecular formula is C23H27N3O5. The average molecular weight is 425 g/mol. The van der Waals surface area contributed by atoms with Crippen LogP contribution in [0.4, 0.5) is 4.79 Å². The fourth-order valence-electron chi connectivity index (χ4n) is 4.33. The van der Waals surface area contributed by atoms with Gasteiger partial charge in [-0.3, -0.25) is 0 Å². The number of carbonyl (C=O) groups is 2. The van der Waals surface area contributed by atoms with Crippen LogP contribution in [-0.2, 0) is 15.1 Å². The summed E-state index contributed by atoms with van der Waals surface area (Å²) in [7, 11) is 0. The van der Waals surface area contributed by atoms with E-state index in [4.69, 9.17) is 14.2 Å². The molecule has 2 aliphatic heterocycles. The number of aryl methyl sites for hydroxylation is 1. The van der Waals surface area contributed by atoms with E-state index in [0.717, 1.165) is 35.4 Å². The summed E-state index contributed by atoms with van der Waals surface area (Å²) in [6.07, 6.45) is 3.20. The number of carbonyl (C=O) groups excluding carboxylic acids is 2. The maximum atomic E-state index is 12.4. The number of imidazole rings is 1. The fraction of sp³-hybridized carbons (Fsp3) is 0.522. The quantitative estimate of drug-likeness (QED) is 0.749. The zero-order chi connectivity index (χ0) is 21.6. The number of hydrogen-bond acceptors (Lipinski definition) is 6. The third kappa shape index (κ3) is 3.64. The van der Waals surface area contributed by atoms with E-state index >= 15 is 0 Å². The maximum Gasteiger partial charge on any atom is 0.409 e. The number of hydrogen-bond donors (Lipinski definition) is 1. The van der Waals surface area contributed by atoms with Crippen LogP contribution in [-0.4, -0.2) is 53.2 Å². The average Bonchev–Trinajstić information content (AvgIpc) is 3.48. The highest BCUT2D eigenvalue weighted by Gasteiger charge is 2.47. The van der Waals surface area contributed by atoms with Crippen LogP contribution >= 0.6 is 0 Å². The van der Waals surface area contributed by atoms with E-state index in [1.807, 2.05) is 25.1 Å². The first-order valence-electron chi connectivity index (χ1n) is 11.0. The van der Waals surface area contributed by atoms with Gasteiger partial charge in [0.2, 0.25) is 5.82 Å². The molecule has 1 N–H and O–H groups in total. The van der Waals surface area contributed by atoms with Gasteiger partial charge in [0.05, 0.1) is 18.9 Å². The number of fused-ring (bicyclic) bond motifs is 4. The Kier molecular flexibility index (Phi) is 4.87. The highest BCUT2D eigenvalue weighted by Crippen LogP contribution is 2.48. The Morgan fingerprint density at radius 1 is 1.26 bits per heavy atom. The topological polar surface area (TPSA) is 93.8 Å². The molecule has 2 aromatic rings. The Morgan fingerprint density at radius 3 is 2.74 bits per heavy atom. The molecule has 1 aromatic heterocycles. The third-order valence-corrected chi connectivity index (χ3v) is 6.29. The molecule has 31 heavy (non-hydrogen) atoms. The molecule has 8 heteroatoms. The molecule has 0 radical (unpaired) electrons. The van der Waals surface area contributed by atoms with Gasteiger partial charge in [0.15, 0.2) is 5.60 Å². The maximum absolute atomic E-state index is 12.4. The highest BCUT2D eigenvalue weighted by molar-refractivity contribution is 5.87. The molecule has 8 nitrogen and oxygen atoms in total. The van der Waals surface area contributed by atoms with E-state index in [2.05, 4.69) is 9.97 Å². The molecule has 164 valence electrons. The molecule has 1 amide bonds. The number of nitrogens with one attached hydrogen (secondary N) is 1. The molecule has 5 rings (SSSR count). The Hall–Kier alpha value is -3.03. The minimum Gasteiger partial charge on any atom is -0.480 e. The number of rotatable bonds is 4. The van der Waals surface area contributed by atoms with Gasteiger partial charge in [-0.2, -0.15) is 0 Å². The van der Waals surface area contributed by atoms with Crippen molar-refractivity contribution in [1.29, 1.82) is 0 Å². The van der Waals surface area contributed by atoms with E-state index in [0.29, 0.717) is 44.1 Å². The normalized spacial score (nSPS) is 18.7. The second kappa shape index (κ2) is 7.59. The number of likely N-dealkylation sites (tertiary alicyclic amines) is 1. The van der Waals surface area contributed by atoms with Crippen molar-refractivity contribution in [3.05, 3.63) is 35.3 Å². The molecule has 3 heterocycles. The molecule has 2 fully saturated rings. The van der Waals surface area contributed by atoms with Crippen LogP contribution in [0.5, 0.6) is 5.75 Å². The summed E-state index contributed by atoms with van der Waals surface area (Å²) < 4.78 is 17.2. The molecule has 1 aliphatic carbocycles. The first kappa shape index (κ1) is 19.9. The molecule has 3 aliphatic rings. The number of benzene rings is 1.